The van der Waals surface area contributed by atoms with Gasteiger partial charge in [-0.25, -0.2) is 9.97 Å². The van der Waals surface area contributed by atoms with Crippen molar-refractivity contribution >= 4 is 11.0 Å². The van der Waals surface area contributed by atoms with E-state index in [4.69, 9.17) is 0 Å². The first-order chi connectivity index (χ1) is 6.97. The van der Waals surface area contributed by atoms with Crippen molar-refractivity contribution < 1.29 is 0 Å². The Morgan fingerprint density at radius 1 is 0.929 bits per heavy atom. The van der Waals surface area contributed by atoms with Crippen molar-refractivity contribution in [3.05, 3.63) is 30.9 Å². The molecule has 0 aliphatic heterocycles. The Bertz CT molecular complexity index is 282. The number of pyridine rings is 1. The van der Waals surface area contributed by atoms with Crippen LogP contribution in [-0.4, -0.2) is 15.0 Å². The molecule has 0 unspecified atom stereocenters. The van der Waals surface area contributed by atoms with E-state index in [1.807, 2.05) is 39.8 Å². The van der Waals surface area contributed by atoms with Crippen LogP contribution in [0.3, 0.4) is 0 Å². The van der Waals surface area contributed by atoms with Crippen molar-refractivity contribution in [2.75, 3.05) is 0 Å². The van der Waals surface area contributed by atoms with Gasteiger partial charge in [-0.05, 0) is 12.1 Å². The highest BCUT2D eigenvalue weighted by Gasteiger charge is 1.89. The molecular formula is C11H17N3. The largest absolute Gasteiger partial charge is 0.253 e. The van der Waals surface area contributed by atoms with Crippen LogP contribution in [0.1, 0.15) is 27.7 Å². The average Bonchev–Trinajstić information content (AvgIpc) is 2.34. The molecule has 0 aliphatic rings. The van der Waals surface area contributed by atoms with E-state index in [1.54, 1.807) is 12.4 Å². The SMILES string of the molecule is CC.CC.c1cnc2cncnc2c1. The smallest absolute Gasteiger partial charge is 0.116 e. The first-order valence-electron chi connectivity index (χ1n) is 4.97. The lowest BCUT2D eigenvalue weighted by Crippen LogP contribution is -1.81. The lowest BCUT2D eigenvalue weighted by atomic mass is 10.4. The predicted octanol–water partition coefficient (Wildman–Crippen LogP) is 3.08. The number of hydrogen-bond donors (Lipinski definition) is 0. The fourth-order valence-electron chi connectivity index (χ4n) is 0.817. The summed E-state index contributed by atoms with van der Waals surface area (Å²) in [4.78, 5) is 11.9. The zero-order chi connectivity index (χ0) is 10.8. The molecule has 0 spiro atoms. The van der Waals surface area contributed by atoms with Gasteiger partial charge in [0.15, 0.2) is 0 Å². The van der Waals surface area contributed by atoms with Crippen LogP contribution in [0.25, 0.3) is 11.0 Å². The van der Waals surface area contributed by atoms with E-state index in [0.29, 0.717) is 0 Å². The molecule has 0 aromatic carbocycles. The fourth-order valence-corrected chi connectivity index (χ4v) is 0.817. The first kappa shape index (κ1) is 12.5. The molecule has 0 fully saturated rings. The van der Waals surface area contributed by atoms with E-state index in [0.717, 1.165) is 11.0 Å². The molecule has 0 saturated heterocycles. The van der Waals surface area contributed by atoms with Crippen LogP contribution in [-0.2, 0) is 0 Å². The standard InChI is InChI=1S/C7H5N3.2C2H6/c1-2-6-7(9-3-1)4-8-5-10-6;2*1-2/h1-5H;2*1-2H3. The van der Waals surface area contributed by atoms with E-state index in [2.05, 4.69) is 15.0 Å². The van der Waals surface area contributed by atoms with Gasteiger partial charge in [0, 0.05) is 6.20 Å². The summed E-state index contributed by atoms with van der Waals surface area (Å²) < 4.78 is 0. The van der Waals surface area contributed by atoms with Crippen LogP contribution >= 0.6 is 0 Å². The lowest BCUT2D eigenvalue weighted by molar-refractivity contribution is 1.20. The van der Waals surface area contributed by atoms with Gasteiger partial charge in [-0.3, -0.25) is 4.98 Å². The Hall–Kier alpha value is -1.51. The van der Waals surface area contributed by atoms with Crippen LogP contribution in [0.5, 0.6) is 0 Å². The predicted molar refractivity (Wildman–Crippen MR) is 60.0 cm³/mol. The second kappa shape index (κ2) is 8.10. The molecule has 0 radical (unpaired) electrons. The molecule has 3 nitrogen and oxygen atoms in total. The second-order valence-electron chi connectivity index (χ2n) is 1.93. The molecule has 76 valence electrons. The summed E-state index contributed by atoms with van der Waals surface area (Å²) >= 11 is 0. The maximum absolute atomic E-state index is 4.06. The van der Waals surface area contributed by atoms with Gasteiger partial charge in [-0.15, -0.1) is 0 Å². The molecule has 2 rings (SSSR count). The van der Waals surface area contributed by atoms with Crippen molar-refractivity contribution in [1.82, 2.24) is 15.0 Å². The number of fused-ring (bicyclic) bond motifs is 1. The maximum atomic E-state index is 4.06. The van der Waals surface area contributed by atoms with Crippen molar-refractivity contribution in [2.24, 2.45) is 0 Å². The maximum Gasteiger partial charge on any atom is 0.116 e. The molecular weight excluding hydrogens is 174 g/mol. The van der Waals surface area contributed by atoms with Gasteiger partial charge in [-0.2, -0.15) is 0 Å². The zero-order valence-electron chi connectivity index (χ0n) is 9.23. The summed E-state index contributed by atoms with van der Waals surface area (Å²) in [6.45, 7) is 8.00. The topological polar surface area (TPSA) is 38.7 Å². The number of aromatic nitrogens is 3. The summed E-state index contributed by atoms with van der Waals surface area (Å²) in [7, 11) is 0. The highest BCUT2D eigenvalue weighted by molar-refractivity contribution is 5.71. The minimum atomic E-state index is 0.838. The highest BCUT2D eigenvalue weighted by atomic mass is 14.8. The minimum Gasteiger partial charge on any atom is -0.253 e. The van der Waals surface area contributed by atoms with Gasteiger partial charge < -0.3 is 0 Å². The van der Waals surface area contributed by atoms with E-state index in [-0.39, 0.29) is 0 Å². The van der Waals surface area contributed by atoms with Gasteiger partial charge in [-0.1, -0.05) is 27.7 Å². The Balaban J connectivity index is 0.000000379. The summed E-state index contributed by atoms with van der Waals surface area (Å²) in [5, 5.41) is 0. The Kier molecular flexibility index (Phi) is 7.23. The molecule has 2 aromatic rings. The van der Waals surface area contributed by atoms with Crippen LogP contribution in [0.15, 0.2) is 30.9 Å². The Labute approximate surface area is 85.2 Å². The molecule has 0 saturated carbocycles. The van der Waals surface area contributed by atoms with Crippen molar-refractivity contribution in [3.8, 4) is 0 Å². The van der Waals surface area contributed by atoms with Crippen molar-refractivity contribution in [1.29, 1.82) is 0 Å². The Morgan fingerprint density at radius 3 is 2.29 bits per heavy atom. The molecule has 0 N–H and O–H groups in total. The second-order valence-corrected chi connectivity index (χ2v) is 1.93. The first-order valence-corrected chi connectivity index (χ1v) is 4.97. The monoisotopic (exact) mass is 191 g/mol. The van der Waals surface area contributed by atoms with Crippen molar-refractivity contribution in [2.45, 2.75) is 27.7 Å². The van der Waals surface area contributed by atoms with Crippen molar-refractivity contribution in [3.63, 3.8) is 0 Å². The van der Waals surface area contributed by atoms with Gasteiger partial charge in [0.2, 0.25) is 0 Å². The third kappa shape index (κ3) is 3.47. The molecule has 3 heteroatoms. The summed E-state index contributed by atoms with van der Waals surface area (Å²) in [5.41, 5.74) is 1.72. The third-order valence-corrected chi connectivity index (χ3v) is 1.28. The number of hydrogen-bond acceptors (Lipinski definition) is 3. The quantitative estimate of drug-likeness (QED) is 0.642. The summed E-state index contributed by atoms with van der Waals surface area (Å²) in [6, 6.07) is 3.76. The van der Waals surface area contributed by atoms with Crippen LogP contribution < -0.4 is 0 Å². The molecule has 14 heavy (non-hydrogen) atoms. The Morgan fingerprint density at radius 2 is 1.64 bits per heavy atom. The number of nitrogens with zero attached hydrogens (tertiary/aromatic N) is 3. The van der Waals surface area contributed by atoms with E-state index in [9.17, 15) is 0 Å². The van der Waals surface area contributed by atoms with Gasteiger partial charge in [0.25, 0.3) is 0 Å². The number of rotatable bonds is 0. The zero-order valence-corrected chi connectivity index (χ0v) is 9.23. The van der Waals surface area contributed by atoms with E-state index < -0.39 is 0 Å². The third-order valence-electron chi connectivity index (χ3n) is 1.28. The normalized spacial score (nSPS) is 8.00. The van der Waals surface area contributed by atoms with Gasteiger partial charge in [0.05, 0.1) is 11.7 Å². The van der Waals surface area contributed by atoms with E-state index >= 15 is 0 Å². The summed E-state index contributed by atoms with van der Waals surface area (Å²) in [6.07, 6.45) is 4.94. The molecule has 0 aliphatic carbocycles. The molecule has 0 bridgehead atoms. The highest BCUT2D eigenvalue weighted by Crippen LogP contribution is 2.02. The lowest BCUT2D eigenvalue weighted by Gasteiger charge is -1.89. The summed E-state index contributed by atoms with van der Waals surface area (Å²) in [5.74, 6) is 0. The molecule has 0 atom stereocenters. The average molecular weight is 191 g/mol. The van der Waals surface area contributed by atoms with Crippen LogP contribution in [0, 0.1) is 0 Å². The fraction of sp³-hybridized carbons (Fsp3) is 0.364. The minimum absolute atomic E-state index is 0.838. The van der Waals surface area contributed by atoms with E-state index in [1.165, 1.54) is 6.33 Å². The molecule has 2 aromatic heterocycles. The molecule has 0 amide bonds. The van der Waals surface area contributed by atoms with Gasteiger partial charge >= 0.3 is 0 Å². The van der Waals surface area contributed by atoms with Gasteiger partial charge in [0.1, 0.15) is 11.8 Å². The van der Waals surface area contributed by atoms with Crippen LogP contribution in [0.4, 0.5) is 0 Å². The van der Waals surface area contributed by atoms with Crippen LogP contribution in [0.2, 0.25) is 0 Å². The molecule has 2 heterocycles.